The predicted molar refractivity (Wildman–Crippen MR) is 127 cm³/mol. The molecular weight excluding hydrogens is 450 g/mol. The largest absolute Gasteiger partial charge is 0.467 e. The molecule has 1 N–H and O–H groups in total. The van der Waals surface area contributed by atoms with E-state index >= 15 is 0 Å². The van der Waals surface area contributed by atoms with Crippen LogP contribution in [0, 0.1) is 0 Å². The van der Waals surface area contributed by atoms with Crippen LogP contribution < -0.4 is 5.32 Å². The fourth-order valence-corrected chi connectivity index (χ4v) is 3.88. The molecule has 0 aromatic heterocycles. The summed E-state index contributed by atoms with van der Waals surface area (Å²) in [7, 11) is 3.50. The first-order chi connectivity index (χ1) is 16.9. The lowest BCUT2D eigenvalue weighted by Crippen LogP contribution is -2.55. The number of carbonyl (C=O) groups is 4. The molecule has 180 valence electrons. The SMILES string of the molecule is COC(=O)c1cccc([C@@](Cc2ccccc2)(NC(=O)c2ccccc2)C(=O)OC)c1C(=O)OC. The topological polar surface area (TPSA) is 108 Å². The molecule has 0 aliphatic heterocycles. The van der Waals surface area contributed by atoms with Crippen LogP contribution in [0.25, 0.3) is 0 Å². The second kappa shape index (κ2) is 11.1. The smallest absolute Gasteiger partial charge is 0.339 e. The lowest BCUT2D eigenvalue weighted by Gasteiger charge is -2.34. The van der Waals surface area contributed by atoms with Crippen molar-refractivity contribution in [1.29, 1.82) is 0 Å². The molecular formula is C27H25NO7. The fourth-order valence-electron chi connectivity index (χ4n) is 3.88. The van der Waals surface area contributed by atoms with E-state index in [1.165, 1.54) is 32.4 Å². The van der Waals surface area contributed by atoms with Gasteiger partial charge in [0.1, 0.15) is 0 Å². The highest BCUT2D eigenvalue weighted by atomic mass is 16.5. The number of ether oxygens (including phenoxy) is 3. The van der Waals surface area contributed by atoms with Gasteiger partial charge in [-0.2, -0.15) is 0 Å². The van der Waals surface area contributed by atoms with Gasteiger partial charge in [0.2, 0.25) is 0 Å². The van der Waals surface area contributed by atoms with Crippen molar-refractivity contribution in [1.82, 2.24) is 5.32 Å². The summed E-state index contributed by atoms with van der Waals surface area (Å²) >= 11 is 0. The first kappa shape index (κ1) is 25.2. The van der Waals surface area contributed by atoms with Crippen LogP contribution in [0.5, 0.6) is 0 Å². The van der Waals surface area contributed by atoms with E-state index in [-0.39, 0.29) is 28.7 Å². The summed E-state index contributed by atoms with van der Waals surface area (Å²) in [5.41, 5.74) is -1.23. The van der Waals surface area contributed by atoms with Crippen LogP contribution >= 0.6 is 0 Å². The summed E-state index contributed by atoms with van der Waals surface area (Å²) in [6.07, 6.45) is -0.0757. The van der Waals surface area contributed by atoms with Crippen molar-refractivity contribution in [2.45, 2.75) is 12.0 Å². The average molecular weight is 475 g/mol. The maximum Gasteiger partial charge on any atom is 0.339 e. The number of esters is 3. The summed E-state index contributed by atoms with van der Waals surface area (Å²) in [5, 5.41) is 2.79. The predicted octanol–water partition coefficient (Wildman–Crippen LogP) is 3.30. The zero-order valence-corrected chi connectivity index (χ0v) is 19.6. The summed E-state index contributed by atoms with van der Waals surface area (Å²) in [6.45, 7) is 0. The quantitative estimate of drug-likeness (QED) is 0.393. The fraction of sp³-hybridized carbons (Fsp3) is 0.185. The van der Waals surface area contributed by atoms with E-state index in [2.05, 4.69) is 5.32 Å². The van der Waals surface area contributed by atoms with Crippen LogP contribution in [0.2, 0.25) is 0 Å². The first-order valence-corrected chi connectivity index (χ1v) is 10.7. The van der Waals surface area contributed by atoms with Crippen LogP contribution in [-0.4, -0.2) is 45.1 Å². The van der Waals surface area contributed by atoms with Crippen LogP contribution in [-0.2, 0) is 31.0 Å². The number of nitrogens with one attached hydrogen (secondary N) is 1. The lowest BCUT2D eigenvalue weighted by atomic mass is 9.79. The minimum Gasteiger partial charge on any atom is -0.467 e. The molecule has 1 atom stereocenters. The van der Waals surface area contributed by atoms with Crippen molar-refractivity contribution >= 4 is 23.8 Å². The highest BCUT2D eigenvalue weighted by Crippen LogP contribution is 2.33. The van der Waals surface area contributed by atoms with Gasteiger partial charge in [-0.1, -0.05) is 60.7 Å². The van der Waals surface area contributed by atoms with E-state index in [4.69, 9.17) is 14.2 Å². The van der Waals surface area contributed by atoms with Gasteiger partial charge in [0.05, 0.1) is 32.5 Å². The molecule has 0 unspecified atom stereocenters. The molecule has 3 aromatic carbocycles. The van der Waals surface area contributed by atoms with E-state index in [9.17, 15) is 19.2 Å². The number of carbonyl (C=O) groups excluding carboxylic acids is 4. The molecule has 0 heterocycles. The van der Waals surface area contributed by atoms with E-state index < -0.39 is 29.4 Å². The highest BCUT2D eigenvalue weighted by molar-refractivity contribution is 6.06. The maximum absolute atomic E-state index is 13.5. The van der Waals surface area contributed by atoms with Crippen LogP contribution in [0.4, 0.5) is 0 Å². The molecule has 0 bridgehead atoms. The molecule has 1 amide bonds. The third-order valence-electron chi connectivity index (χ3n) is 5.53. The Morgan fingerprint density at radius 3 is 1.89 bits per heavy atom. The van der Waals surface area contributed by atoms with E-state index in [0.717, 1.165) is 7.11 Å². The highest BCUT2D eigenvalue weighted by Gasteiger charge is 2.47. The normalized spacial score (nSPS) is 12.1. The molecule has 0 saturated heterocycles. The Balaban J connectivity index is 2.34. The van der Waals surface area contributed by atoms with E-state index in [1.54, 1.807) is 54.6 Å². The Morgan fingerprint density at radius 2 is 1.31 bits per heavy atom. The monoisotopic (exact) mass is 475 g/mol. The van der Waals surface area contributed by atoms with Gasteiger partial charge in [0, 0.05) is 17.5 Å². The third-order valence-corrected chi connectivity index (χ3v) is 5.53. The number of rotatable bonds is 8. The molecule has 0 saturated carbocycles. The van der Waals surface area contributed by atoms with Gasteiger partial charge in [-0.25, -0.2) is 14.4 Å². The standard InChI is InChI=1S/C27H25NO7/c1-33-24(30)20-15-10-16-21(22(20)25(31)34-2)27(26(32)35-3,17-18-11-6-4-7-12-18)28-23(29)19-13-8-5-9-14-19/h4-16H,17H2,1-3H3,(H,28,29)/t27-/m1/s1. The first-order valence-electron chi connectivity index (χ1n) is 10.7. The molecule has 0 radical (unpaired) electrons. The second-order valence-corrected chi connectivity index (χ2v) is 7.59. The lowest BCUT2D eigenvalue weighted by molar-refractivity contribution is -0.148. The summed E-state index contributed by atoms with van der Waals surface area (Å²) in [6, 6.07) is 21.6. The molecule has 35 heavy (non-hydrogen) atoms. The van der Waals surface area contributed by atoms with Crippen molar-refractivity contribution in [3.8, 4) is 0 Å². The molecule has 0 spiro atoms. The summed E-state index contributed by atoms with van der Waals surface area (Å²) < 4.78 is 14.9. The number of methoxy groups -OCH3 is 3. The maximum atomic E-state index is 13.5. The Morgan fingerprint density at radius 1 is 0.714 bits per heavy atom. The van der Waals surface area contributed by atoms with E-state index in [1.807, 2.05) is 6.07 Å². The third kappa shape index (κ3) is 5.22. The van der Waals surface area contributed by atoms with Gasteiger partial charge >= 0.3 is 17.9 Å². The Kier molecular flexibility index (Phi) is 7.99. The van der Waals surface area contributed by atoms with Gasteiger partial charge in [-0.15, -0.1) is 0 Å². The van der Waals surface area contributed by atoms with Gasteiger partial charge in [0.15, 0.2) is 5.54 Å². The van der Waals surface area contributed by atoms with Crippen LogP contribution in [0.15, 0.2) is 78.9 Å². The number of amides is 1. The van der Waals surface area contributed by atoms with Gasteiger partial charge in [-0.3, -0.25) is 4.79 Å². The van der Waals surface area contributed by atoms with Crippen molar-refractivity contribution < 1.29 is 33.4 Å². The molecule has 3 rings (SSSR count). The van der Waals surface area contributed by atoms with Crippen LogP contribution in [0.1, 0.15) is 42.2 Å². The zero-order chi connectivity index (χ0) is 25.4. The van der Waals surface area contributed by atoms with Crippen molar-refractivity contribution in [3.05, 3.63) is 107 Å². The number of benzene rings is 3. The summed E-state index contributed by atoms with van der Waals surface area (Å²) in [5.74, 6) is -3.10. The molecule has 0 fully saturated rings. The minimum atomic E-state index is -1.89. The number of hydrogen-bond acceptors (Lipinski definition) is 7. The van der Waals surface area contributed by atoms with E-state index in [0.29, 0.717) is 5.56 Å². The molecule has 0 aliphatic rings. The van der Waals surface area contributed by atoms with Crippen molar-refractivity contribution in [2.24, 2.45) is 0 Å². The van der Waals surface area contributed by atoms with Gasteiger partial charge < -0.3 is 19.5 Å². The second-order valence-electron chi connectivity index (χ2n) is 7.59. The Bertz CT molecular complexity index is 1220. The number of hydrogen-bond donors (Lipinski definition) is 1. The van der Waals surface area contributed by atoms with Gasteiger partial charge in [-0.05, 0) is 23.8 Å². The van der Waals surface area contributed by atoms with Gasteiger partial charge in [0.25, 0.3) is 5.91 Å². The average Bonchev–Trinajstić information content (AvgIpc) is 2.91. The van der Waals surface area contributed by atoms with Crippen molar-refractivity contribution in [2.75, 3.05) is 21.3 Å². The van der Waals surface area contributed by atoms with Crippen LogP contribution in [0.3, 0.4) is 0 Å². The molecule has 8 heteroatoms. The Labute approximate surface area is 202 Å². The molecule has 8 nitrogen and oxygen atoms in total. The van der Waals surface area contributed by atoms with Crippen molar-refractivity contribution in [3.63, 3.8) is 0 Å². The molecule has 0 aliphatic carbocycles. The zero-order valence-electron chi connectivity index (χ0n) is 19.6. The molecule has 3 aromatic rings. The minimum absolute atomic E-state index is 0.0345. The summed E-state index contributed by atoms with van der Waals surface area (Å²) in [4.78, 5) is 52.3. The Hall–Kier alpha value is -4.46.